The Hall–Kier alpha value is -1.34. The van der Waals surface area contributed by atoms with Crippen LogP contribution in [-0.4, -0.2) is 39.5 Å². The van der Waals surface area contributed by atoms with Crippen molar-refractivity contribution >= 4 is 39.4 Å². The van der Waals surface area contributed by atoms with Crippen LogP contribution in [0.3, 0.4) is 0 Å². The molecule has 0 aromatic carbocycles. The van der Waals surface area contributed by atoms with Crippen LogP contribution in [0.2, 0.25) is 5.02 Å². The van der Waals surface area contributed by atoms with Gasteiger partial charge in [0.1, 0.15) is 12.6 Å². The molecule has 1 amide bonds. The molecule has 1 aliphatic rings. The molecule has 6 nitrogen and oxygen atoms in total. The summed E-state index contributed by atoms with van der Waals surface area (Å²) >= 11 is 8.94. The maximum Gasteiger partial charge on any atom is 0.323 e. The van der Waals surface area contributed by atoms with Gasteiger partial charge in [0.2, 0.25) is 5.91 Å². The van der Waals surface area contributed by atoms with Crippen LogP contribution in [0.15, 0.2) is 21.5 Å². The largest absolute Gasteiger partial charge is 0.480 e. The Morgan fingerprint density at radius 2 is 2.21 bits per heavy atom. The molecule has 8 heteroatoms. The number of carboxylic acids is 1. The van der Waals surface area contributed by atoms with Crippen LogP contribution in [0.25, 0.3) is 0 Å². The van der Waals surface area contributed by atoms with E-state index in [0.717, 1.165) is 0 Å². The normalized spacial score (nSPS) is 18.9. The maximum absolute atomic E-state index is 12.1. The molecule has 1 unspecified atom stereocenters. The molecule has 0 radical (unpaired) electrons. The number of hydrogen-bond acceptors (Lipinski definition) is 3. The van der Waals surface area contributed by atoms with E-state index in [9.17, 15) is 14.4 Å². The van der Waals surface area contributed by atoms with Gasteiger partial charge in [0.05, 0.1) is 9.50 Å². The van der Waals surface area contributed by atoms with Gasteiger partial charge in [-0.3, -0.25) is 14.4 Å². The third-order valence-corrected chi connectivity index (χ3v) is 3.67. The van der Waals surface area contributed by atoms with Gasteiger partial charge in [-0.1, -0.05) is 11.6 Å². The minimum Gasteiger partial charge on any atom is -0.480 e. The Balaban J connectivity index is 2.32. The van der Waals surface area contributed by atoms with Gasteiger partial charge in [-0.2, -0.15) is 0 Å². The lowest BCUT2D eigenvalue weighted by Gasteiger charge is -2.16. The maximum atomic E-state index is 12.1. The van der Waals surface area contributed by atoms with Crippen molar-refractivity contribution in [1.82, 2.24) is 9.47 Å². The Kier molecular flexibility index (Phi) is 3.96. The van der Waals surface area contributed by atoms with E-state index < -0.39 is 12.0 Å². The zero-order valence-electron chi connectivity index (χ0n) is 9.68. The first-order valence-corrected chi connectivity index (χ1v) is 6.65. The summed E-state index contributed by atoms with van der Waals surface area (Å²) in [6, 6.07) is 0.760. The summed E-state index contributed by atoms with van der Waals surface area (Å²) < 4.78 is 1.51. The number of halogens is 2. The highest BCUT2D eigenvalue weighted by atomic mass is 79.9. The number of rotatable bonds is 3. The number of aliphatic carboxylic acids is 1. The number of aromatic nitrogens is 1. The molecule has 1 N–H and O–H groups in total. The highest BCUT2D eigenvalue weighted by Gasteiger charge is 2.34. The fraction of sp³-hybridized carbons (Fsp3) is 0.364. The van der Waals surface area contributed by atoms with Crippen molar-refractivity contribution in [2.45, 2.75) is 12.5 Å². The second-order valence-corrected chi connectivity index (χ2v) is 5.47. The van der Waals surface area contributed by atoms with Gasteiger partial charge in [0.25, 0.3) is 5.56 Å². The molecule has 1 saturated heterocycles. The fourth-order valence-corrected chi connectivity index (χ4v) is 2.86. The standard InChI is InChI=1S/C11H10BrClN2O4/c12-7-3-6(13)4-15(10(7)18)8-1-2-14(11(8)19)5-9(16)17/h3-4,8H,1-2,5H2,(H,16,17). The average Bonchev–Trinajstić information content (AvgIpc) is 2.65. The average molecular weight is 350 g/mol. The van der Waals surface area contributed by atoms with Crippen LogP contribution in [0.1, 0.15) is 12.5 Å². The van der Waals surface area contributed by atoms with Crippen molar-refractivity contribution in [2.24, 2.45) is 0 Å². The first-order valence-electron chi connectivity index (χ1n) is 5.48. The van der Waals surface area contributed by atoms with E-state index in [1.807, 2.05) is 0 Å². The third-order valence-electron chi connectivity index (χ3n) is 2.90. The van der Waals surface area contributed by atoms with E-state index in [0.29, 0.717) is 18.0 Å². The van der Waals surface area contributed by atoms with Crippen molar-refractivity contribution in [3.63, 3.8) is 0 Å². The Morgan fingerprint density at radius 3 is 2.84 bits per heavy atom. The number of likely N-dealkylation sites (tertiary alicyclic amines) is 1. The van der Waals surface area contributed by atoms with Gasteiger partial charge < -0.3 is 14.6 Å². The minimum absolute atomic E-state index is 0.268. The molecule has 0 saturated carbocycles. The number of carbonyl (C=O) groups excluding carboxylic acids is 1. The van der Waals surface area contributed by atoms with Gasteiger partial charge >= 0.3 is 5.97 Å². The molecule has 1 fully saturated rings. The second kappa shape index (κ2) is 5.34. The topological polar surface area (TPSA) is 79.6 Å². The lowest BCUT2D eigenvalue weighted by atomic mass is 10.2. The first kappa shape index (κ1) is 14.1. The van der Waals surface area contributed by atoms with E-state index in [4.69, 9.17) is 16.7 Å². The molecule has 19 heavy (non-hydrogen) atoms. The van der Waals surface area contributed by atoms with E-state index in [1.54, 1.807) is 0 Å². The number of hydrogen-bond donors (Lipinski definition) is 1. The van der Waals surface area contributed by atoms with Crippen LogP contribution in [0, 0.1) is 0 Å². The molecule has 102 valence electrons. The van der Waals surface area contributed by atoms with Gasteiger partial charge in [-0.15, -0.1) is 0 Å². The summed E-state index contributed by atoms with van der Waals surface area (Å²) in [5, 5.41) is 9.03. The number of amides is 1. The summed E-state index contributed by atoms with van der Waals surface area (Å²) in [4.78, 5) is 35.9. The number of nitrogens with zero attached hydrogens (tertiary/aromatic N) is 2. The van der Waals surface area contributed by atoms with Crippen molar-refractivity contribution < 1.29 is 14.7 Å². The lowest BCUT2D eigenvalue weighted by Crippen LogP contribution is -2.35. The molecule has 0 aliphatic carbocycles. The quantitative estimate of drug-likeness (QED) is 0.887. The fourth-order valence-electron chi connectivity index (χ4n) is 2.07. The monoisotopic (exact) mass is 348 g/mol. The molecule has 2 heterocycles. The van der Waals surface area contributed by atoms with Crippen LogP contribution >= 0.6 is 27.5 Å². The Labute approximate surface area is 121 Å². The smallest absolute Gasteiger partial charge is 0.323 e. The van der Waals surface area contributed by atoms with Gasteiger partial charge in [-0.05, 0) is 28.4 Å². The van der Waals surface area contributed by atoms with Crippen LogP contribution in [0.5, 0.6) is 0 Å². The zero-order chi connectivity index (χ0) is 14.2. The lowest BCUT2D eigenvalue weighted by molar-refractivity contribution is -0.143. The summed E-state index contributed by atoms with van der Waals surface area (Å²) in [5.74, 6) is -1.45. The predicted octanol–water partition coefficient (Wildman–Crippen LogP) is 1.12. The molecule has 2 rings (SSSR count). The first-order chi connectivity index (χ1) is 8.90. The molecular formula is C11H10BrClN2O4. The van der Waals surface area contributed by atoms with Gasteiger partial charge in [-0.25, -0.2) is 0 Å². The van der Waals surface area contributed by atoms with Crippen molar-refractivity contribution in [3.8, 4) is 0 Å². The van der Waals surface area contributed by atoms with E-state index >= 15 is 0 Å². The number of pyridine rings is 1. The molecule has 0 spiro atoms. The molecule has 1 aromatic rings. The molecule has 1 aliphatic heterocycles. The van der Waals surface area contributed by atoms with Crippen molar-refractivity contribution in [1.29, 1.82) is 0 Å². The Bertz CT molecular complexity index is 601. The van der Waals surface area contributed by atoms with Crippen LogP contribution in [0.4, 0.5) is 0 Å². The summed E-state index contributed by atoms with van der Waals surface area (Å²) in [5.41, 5.74) is -0.361. The molecule has 0 bridgehead atoms. The highest BCUT2D eigenvalue weighted by Crippen LogP contribution is 2.24. The third kappa shape index (κ3) is 2.82. The highest BCUT2D eigenvalue weighted by molar-refractivity contribution is 9.10. The number of carboxylic acid groups (broad SMARTS) is 1. The van der Waals surface area contributed by atoms with Gasteiger partial charge in [0, 0.05) is 12.7 Å². The number of carbonyl (C=O) groups is 2. The molecule has 1 aromatic heterocycles. The van der Waals surface area contributed by atoms with Crippen LogP contribution in [-0.2, 0) is 9.59 Å². The SMILES string of the molecule is O=C(O)CN1CCC(n2cc(Cl)cc(Br)c2=O)C1=O. The molecule has 1 atom stereocenters. The predicted molar refractivity (Wildman–Crippen MR) is 71.3 cm³/mol. The van der Waals surface area contributed by atoms with Gasteiger partial charge in [0.15, 0.2) is 0 Å². The molecular weight excluding hydrogens is 339 g/mol. The van der Waals surface area contributed by atoms with Crippen molar-refractivity contribution in [3.05, 3.63) is 32.1 Å². The second-order valence-electron chi connectivity index (χ2n) is 4.18. The van der Waals surface area contributed by atoms with Crippen molar-refractivity contribution in [2.75, 3.05) is 13.1 Å². The van der Waals surface area contributed by atoms with E-state index in [2.05, 4.69) is 15.9 Å². The van der Waals surface area contributed by atoms with E-state index in [-0.39, 0.29) is 22.5 Å². The summed E-state index contributed by atoms with van der Waals surface area (Å²) in [6.45, 7) is -0.0435. The van der Waals surface area contributed by atoms with E-state index in [1.165, 1.54) is 21.7 Å². The summed E-state index contributed by atoms with van der Waals surface area (Å²) in [7, 11) is 0. The summed E-state index contributed by atoms with van der Waals surface area (Å²) in [6.07, 6.45) is 1.78. The minimum atomic E-state index is -1.08. The zero-order valence-corrected chi connectivity index (χ0v) is 12.0. The van der Waals surface area contributed by atoms with Crippen LogP contribution < -0.4 is 5.56 Å². The Morgan fingerprint density at radius 1 is 1.53 bits per heavy atom.